The van der Waals surface area contributed by atoms with Gasteiger partial charge in [0.25, 0.3) is 5.91 Å². The van der Waals surface area contributed by atoms with E-state index in [0.717, 1.165) is 27.8 Å². The fourth-order valence-electron chi connectivity index (χ4n) is 4.99. The van der Waals surface area contributed by atoms with Crippen LogP contribution in [0.4, 0.5) is 4.79 Å². The molecule has 208 valence electrons. The molecule has 0 aromatic heterocycles. The number of carboxylic acid groups (broad SMARTS) is 1. The molecule has 2 aliphatic carbocycles. The van der Waals surface area contributed by atoms with Gasteiger partial charge in [0, 0.05) is 5.92 Å². The average Bonchev–Trinajstić information content (AvgIpc) is 3.76. The van der Waals surface area contributed by atoms with E-state index < -0.39 is 36.2 Å². The van der Waals surface area contributed by atoms with Crippen molar-refractivity contribution in [2.45, 2.75) is 50.5 Å². The third-order valence-electron chi connectivity index (χ3n) is 7.30. The van der Waals surface area contributed by atoms with Crippen molar-refractivity contribution in [3.05, 3.63) is 95.6 Å². The number of ether oxygens (including phenoxy) is 2. The van der Waals surface area contributed by atoms with Gasteiger partial charge in [0.05, 0.1) is 12.7 Å². The smallest absolute Gasteiger partial charge is 0.407 e. The first-order valence-electron chi connectivity index (χ1n) is 13.4. The van der Waals surface area contributed by atoms with Crippen molar-refractivity contribution in [3.8, 4) is 11.1 Å². The van der Waals surface area contributed by atoms with Crippen molar-refractivity contribution in [3.63, 3.8) is 0 Å². The summed E-state index contributed by atoms with van der Waals surface area (Å²) in [6.45, 7) is 1.93. The number of aliphatic carboxylic acids is 1. The molecule has 3 atom stereocenters. The maximum absolute atomic E-state index is 13.1. The van der Waals surface area contributed by atoms with E-state index >= 15 is 0 Å². The summed E-state index contributed by atoms with van der Waals surface area (Å²) in [5, 5.41) is 12.0. The summed E-state index contributed by atoms with van der Waals surface area (Å²) in [5.74, 6) is -2.19. The van der Waals surface area contributed by atoms with Gasteiger partial charge in [-0.15, -0.1) is 0 Å². The number of rotatable bonds is 12. The second-order valence-corrected chi connectivity index (χ2v) is 10.1. The number of alkyl carbamates (subject to hydrolysis) is 1. The Morgan fingerprint density at radius 3 is 2.10 bits per heavy atom. The van der Waals surface area contributed by atoms with Crippen LogP contribution in [0.5, 0.6) is 0 Å². The molecule has 3 aromatic carbocycles. The summed E-state index contributed by atoms with van der Waals surface area (Å²) in [6.07, 6.45) is -1.31. The van der Waals surface area contributed by atoms with E-state index in [2.05, 4.69) is 10.8 Å². The molecule has 9 nitrogen and oxygen atoms in total. The fraction of sp³-hybridized carbons (Fsp3) is 0.323. The Hall–Kier alpha value is -4.21. The molecule has 0 aliphatic heterocycles. The van der Waals surface area contributed by atoms with Crippen LogP contribution in [0.2, 0.25) is 0 Å². The Balaban J connectivity index is 1.24. The summed E-state index contributed by atoms with van der Waals surface area (Å²) in [5.41, 5.74) is 7.46. The van der Waals surface area contributed by atoms with Crippen LogP contribution in [0.15, 0.2) is 78.9 Å². The van der Waals surface area contributed by atoms with Crippen molar-refractivity contribution in [2.75, 3.05) is 6.61 Å². The number of carbonyl (C=O) groups excluding carboxylic acids is 2. The lowest BCUT2D eigenvalue weighted by atomic mass is 9.98. The molecule has 9 heteroatoms. The average molecular weight is 545 g/mol. The van der Waals surface area contributed by atoms with Gasteiger partial charge in [-0.2, -0.15) is 0 Å². The number of hydroxylamine groups is 1. The number of amides is 2. The highest BCUT2D eigenvalue weighted by atomic mass is 16.7. The molecular weight excluding hydrogens is 512 g/mol. The molecular formula is C31H32N2O7. The zero-order valence-corrected chi connectivity index (χ0v) is 22.1. The predicted octanol–water partition coefficient (Wildman–Crippen LogP) is 4.41. The van der Waals surface area contributed by atoms with Crippen LogP contribution in [0.3, 0.4) is 0 Å². The minimum atomic E-state index is -1.20. The Morgan fingerprint density at radius 2 is 1.50 bits per heavy atom. The van der Waals surface area contributed by atoms with E-state index in [-0.39, 0.29) is 25.0 Å². The molecule has 1 fully saturated rings. The van der Waals surface area contributed by atoms with Crippen LogP contribution >= 0.6 is 0 Å². The Kier molecular flexibility index (Phi) is 8.42. The first kappa shape index (κ1) is 27.4. The SMILES string of the molecule is C[C@H](OCc1ccccc1)[C@@H](NC(=O)OCC1c2ccccc2-c2ccccc21)C(=O)NOC(C(=O)O)C1CC1. The summed E-state index contributed by atoms with van der Waals surface area (Å²) in [4.78, 5) is 42.9. The Labute approximate surface area is 232 Å². The zero-order valence-electron chi connectivity index (χ0n) is 22.1. The first-order valence-corrected chi connectivity index (χ1v) is 13.4. The van der Waals surface area contributed by atoms with E-state index in [9.17, 15) is 19.5 Å². The second-order valence-electron chi connectivity index (χ2n) is 10.1. The molecule has 3 N–H and O–H groups in total. The van der Waals surface area contributed by atoms with Crippen LogP contribution in [0.25, 0.3) is 11.1 Å². The van der Waals surface area contributed by atoms with Crippen molar-refractivity contribution >= 4 is 18.0 Å². The molecule has 0 bridgehead atoms. The van der Waals surface area contributed by atoms with Crippen LogP contribution in [0, 0.1) is 5.92 Å². The molecule has 0 spiro atoms. The van der Waals surface area contributed by atoms with Crippen molar-refractivity contribution in [1.29, 1.82) is 0 Å². The molecule has 40 heavy (non-hydrogen) atoms. The van der Waals surface area contributed by atoms with E-state index in [1.165, 1.54) is 0 Å². The summed E-state index contributed by atoms with van der Waals surface area (Å²) >= 11 is 0. The zero-order chi connectivity index (χ0) is 28.1. The summed E-state index contributed by atoms with van der Waals surface area (Å²) in [7, 11) is 0. The lowest BCUT2D eigenvalue weighted by molar-refractivity contribution is -0.164. The molecule has 1 saturated carbocycles. The molecule has 1 unspecified atom stereocenters. The predicted molar refractivity (Wildman–Crippen MR) is 146 cm³/mol. The fourth-order valence-corrected chi connectivity index (χ4v) is 4.99. The number of nitrogens with one attached hydrogen (secondary N) is 2. The molecule has 3 aromatic rings. The first-order chi connectivity index (χ1) is 19.4. The highest BCUT2D eigenvalue weighted by Gasteiger charge is 2.39. The Bertz CT molecular complexity index is 1310. The van der Waals surface area contributed by atoms with E-state index in [4.69, 9.17) is 14.3 Å². The van der Waals surface area contributed by atoms with E-state index in [1.54, 1.807) is 6.92 Å². The molecule has 0 radical (unpaired) electrons. The van der Waals surface area contributed by atoms with Gasteiger partial charge in [-0.25, -0.2) is 15.1 Å². The van der Waals surface area contributed by atoms with Gasteiger partial charge < -0.3 is 19.9 Å². The number of hydrogen-bond acceptors (Lipinski definition) is 6. The third kappa shape index (κ3) is 6.32. The molecule has 0 heterocycles. The standard InChI is InChI=1S/C31H32N2O7/c1-19(38-17-20-9-3-2-4-10-20)27(29(34)33-40-28(30(35)36)21-15-16-21)32-31(37)39-18-26-24-13-7-5-11-22(24)23-12-6-8-14-25(23)26/h2-14,19,21,26-28H,15-18H2,1H3,(H,32,37)(H,33,34)(H,35,36)/t19-,27+,28?/m0/s1. The van der Waals surface area contributed by atoms with Gasteiger partial charge in [-0.05, 0) is 53.5 Å². The Morgan fingerprint density at radius 1 is 0.900 bits per heavy atom. The van der Waals surface area contributed by atoms with Crippen LogP contribution in [-0.2, 0) is 30.5 Å². The summed E-state index contributed by atoms with van der Waals surface area (Å²) in [6, 6.07) is 24.2. The van der Waals surface area contributed by atoms with Crippen LogP contribution < -0.4 is 10.8 Å². The summed E-state index contributed by atoms with van der Waals surface area (Å²) < 4.78 is 11.5. The second kappa shape index (κ2) is 12.3. The molecule has 2 amide bonds. The van der Waals surface area contributed by atoms with Crippen molar-refractivity contribution in [1.82, 2.24) is 10.8 Å². The lowest BCUT2D eigenvalue weighted by Gasteiger charge is -2.25. The van der Waals surface area contributed by atoms with Crippen LogP contribution in [0.1, 0.15) is 42.4 Å². The van der Waals surface area contributed by atoms with Gasteiger partial charge in [-0.1, -0.05) is 78.9 Å². The highest BCUT2D eigenvalue weighted by molar-refractivity contribution is 5.86. The van der Waals surface area contributed by atoms with Gasteiger partial charge in [0.1, 0.15) is 12.6 Å². The van der Waals surface area contributed by atoms with Crippen molar-refractivity contribution < 1.29 is 33.8 Å². The number of benzene rings is 3. The largest absolute Gasteiger partial charge is 0.479 e. The van der Waals surface area contributed by atoms with Crippen molar-refractivity contribution in [2.24, 2.45) is 5.92 Å². The van der Waals surface area contributed by atoms with Gasteiger partial charge >= 0.3 is 12.1 Å². The molecule has 5 rings (SSSR count). The number of hydrogen-bond donors (Lipinski definition) is 3. The monoisotopic (exact) mass is 544 g/mol. The minimum absolute atomic E-state index is 0.0761. The van der Waals surface area contributed by atoms with Gasteiger partial charge in [0.2, 0.25) is 0 Å². The number of carboxylic acids is 1. The highest BCUT2D eigenvalue weighted by Crippen LogP contribution is 2.44. The maximum atomic E-state index is 13.1. The van der Waals surface area contributed by atoms with Gasteiger partial charge in [0.15, 0.2) is 6.10 Å². The third-order valence-corrected chi connectivity index (χ3v) is 7.30. The molecule has 0 saturated heterocycles. The number of fused-ring (bicyclic) bond motifs is 3. The minimum Gasteiger partial charge on any atom is -0.479 e. The number of carbonyl (C=O) groups is 3. The van der Waals surface area contributed by atoms with Gasteiger partial charge in [-0.3, -0.25) is 9.63 Å². The normalized spacial score (nSPS) is 16.2. The van der Waals surface area contributed by atoms with E-state index in [0.29, 0.717) is 12.8 Å². The maximum Gasteiger partial charge on any atom is 0.407 e. The lowest BCUT2D eigenvalue weighted by Crippen LogP contribution is -2.54. The van der Waals surface area contributed by atoms with E-state index in [1.807, 2.05) is 78.9 Å². The van der Waals surface area contributed by atoms with Crippen LogP contribution in [-0.4, -0.2) is 47.9 Å². The topological polar surface area (TPSA) is 123 Å². The molecule has 2 aliphatic rings. The quantitative estimate of drug-likeness (QED) is 0.289.